The maximum atomic E-state index is 11.8. The Kier molecular flexibility index (Phi) is 6.16. The van der Waals surface area contributed by atoms with E-state index in [9.17, 15) is 4.79 Å². The number of nitrogens with two attached hydrogens (primary N) is 1. The topological polar surface area (TPSA) is 75.5 Å². The molecule has 5 nitrogen and oxygen atoms in total. The first-order valence-corrected chi connectivity index (χ1v) is 8.90. The minimum atomic E-state index is -0.637. The summed E-state index contributed by atoms with van der Waals surface area (Å²) >= 11 is 11.8. The summed E-state index contributed by atoms with van der Waals surface area (Å²) in [5.41, 5.74) is 6.97. The summed E-state index contributed by atoms with van der Waals surface area (Å²) in [5, 5.41) is 5.47. The van der Waals surface area contributed by atoms with E-state index in [1.807, 2.05) is 42.5 Å². The molecule has 0 aliphatic heterocycles. The second-order valence-corrected chi connectivity index (χ2v) is 6.62. The van der Waals surface area contributed by atoms with Crippen LogP contribution in [0.5, 0.6) is 5.75 Å². The zero-order valence-corrected chi connectivity index (χ0v) is 15.8. The first-order valence-electron chi connectivity index (χ1n) is 8.14. The van der Waals surface area contributed by atoms with Gasteiger partial charge in [-0.25, -0.2) is 4.79 Å². The molecular formula is C20H17Cl2N2O3+. The fraction of sp³-hybridized carbons (Fsp3) is 0.100. The highest BCUT2D eigenvalue weighted by Gasteiger charge is 2.11. The molecule has 0 aliphatic carbocycles. The number of rotatable bonds is 6. The van der Waals surface area contributed by atoms with Crippen molar-refractivity contribution in [1.29, 1.82) is 0 Å². The third-order valence-electron chi connectivity index (χ3n) is 3.80. The lowest BCUT2D eigenvalue weighted by molar-refractivity contribution is -0.725. The van der Waals surface area contributed by atoms with Gasteiger partial charge in [-0.3, -0.25) is 10.6 Å². The minimum Gasteiger partial charge on any atom is -0.480 e. The van der Waals surface area contributed by atoms with E-state index in [4.69, 9.17) is 38.5 Å². The Bertz CT molecular complexity index is 1000. The number of carbonyl (C=O) groups excluding carboxylic acids is 1. The van der Waals surface area contributed by atoms with Crippen LogP contribution in [0.3, 0.4) is 0 Å². The summed E-state index contributed by atoms with van der Waals surface area (Å²) in [4.78, 5) is 16.7. The summed E-state index contributed by atoms with van der Waals surface area (Å²) in [6.07, 6.45) is 0.415. The van der Waals surface area contributed by atoms with Crippen molar-refractivity contribution >= 4 is 45.8 Å². The van der Waals surface area contributed by atoms with Crippen molar-refractivity contribution < 1.29 is 19.5 Å². The van der Waals surface area contributed by atoms with Gasteiger partial charge in [-0.05, 0) is 34.5 Å². The van der Waals surface area contributed by atoms with E-state index in [0.29, 0.717) is 28.1 Å². The van der Waals surface area contributed by atoms with E-state index in [0.717, 1.165) is 16.3 Å². The molecule has 0 unspecified atom stereocenters. The SMILES string of the molecule is NC(Cc1cccc2ccccc12)=[NH+]OC(=O)COc1ccc(Cl)cc1Cl. The van der Waals surface area contributed by atoms with Gasteiger partial charge < -0.3 is 4.74 Å². The molecule has 3 aromatic carbocycles. The average Bonchev–Trinajstić information content (AvgIpc) is 2.66. The third kappa shape index (κ3) is 5.12. The third-order valence-corrected chi connectivity index (χ3v) is 4.33. The molecule has 7 heteroatoms. The Morgan fingerprint density at radius 1 is 1.04 bits per heavy atom. The van der Waals surface area contributed by atoms with E-state index in [1.54, 1.807) is 12.1 Å². The normalized spacial score (nSPS) is 11.4. The molecule has 0 spiro atoms. The summed E-state index contributed by atoms with van der Waals surface area (Å²) < 4.78 is 5.31. The smallest absolute Gasteiger partial charge is 0.394 e. The van der Waals surface area contributed by atoms with Crippen LogP contribution >= 0.6 is 23.2 Å². The van der Waals surface area contributed by atoms with Gasteiger partial charge in [0.1, 0.15) is 5.75 Å². The molecule has 27 heavy (non-hydrogen) atoms. The van der Waals surface area contributed by atoms with E-state index in [1.165, 1.54) is 6.07 Å². The Balaban J connectivity index is 1.57. The molecule has 3 N–H and O–H groups in total. The second-order valence-electron chi connectivity index (χ2n) is 5.78. The Labute approximate surface area is 166 Å². The molecule has 0 aliphatic rings. The molecule has 0 bridgehead atoms. The molecule has 0 heterocycles. The van der Waals surface area contributed by atoms with Crippen LogP contribution in [0.25, 0.3) is 10.8 Å². The summed E-state index contributed by atoms with van der Waals surface area (Å²) in [6, 6.07) is 18.7. The molecule has 3 rings (SSSR count). The highest BCUT2D eigenvalue weighted by Crippen LogP contribution is 2.27. The van der Waals surface area contributed by atoms with Crippen molar-refractivity contribution in [2.24, 2.45) is 5.73 Å². The zero-order valence-electron chi connectivity index (χ0n) is 14.2. The van der Waals surface area contributed by atoms with Gasteiger partial charge in [-0.15, -0.1) is 0 Å². The van der Waals surface area contributed by atoms with E-state index >= 15 is 0 Å². The fourth-order valence-corrected chi connectivity index (χ4v) is 3.03. The standard InChI is InChI=1S/C20H16Cl2N2O3/c21-15-8-9-18(17(22)11-15)26-12-20(25)27-24-19(23)10-14-6-3-5-13-4-1-2-7-16(13)14/h1-9,11H,10,12H2,(H2,23,24)/p+1. The molecule has 0 aromatic heterocycles. The number of hydrogen-bond donors (Lipinski definition) is 2. The van der Waals surface area contributed by atoms with Crippen LogP contribution in [0, 0.1) is 0 Å². The number of ether oxygens (including phenoxy) is 1. The molecule has 138 valence electrons. The van der Waals surface area contributed by atoms with Crippen LogP contribution in [-0.4, -0.2) is 18.4 Å². The van der Waals surface area contributed by atoms with Gasteiger partial charge in [0.15, 0.2) is 6.61 Å². The number of amidine groups is 1. The van der Waals surface area contributed by atoms with E-state index in [2.05, 4.69) is 5.16 Å². The second kappa shape index (κ2) is 8.75. The van der Waals surface area contributed by atoms with Crippen molar-refractivity contribution in [3.63, 3.8) is 0 Å². The van der Waals surface area contributed by atoms with Crippen molar-refractivity contribution in [2.45, 2.75) is 6.42 Å². The number of hydrogen-bond acceptors (Lipinski definition) is 3. The average molecular weight is 404 g/mol. The quantitative estimate of drug-likeness (QED) is 0.287. The molecule has 0 radical (unpaired) electrons. The lowest BCUT2D eigenvalue weighted by atomic mass is 10.0. The van der Waals surface area contributed by atoms with Gasteiger partial charge in [0, 0.05) is 5.02 Å². The fourth-order valence-electron chi connectivity index (χ4n) is 2.57. The van der Waals surface area contributed by atoms with E-state index in [-0.39, 0.29) is 6.61 Å². The van der Waals surface area contributed by atoms with Crippen molar-refractivity contribution in [3.05, 3.63) is 76.3 Å². The molecule has 0 fully saturated rings. The zero-order chi connectivity index (χ0) is 19.2. The number of nitrogens with one attached hydrogen (secondary N) is 1. The highest BCUT2D eigenvalue weighted by molar-refractivity contribution is 6.35. The van der Waals surface area contributed by atoms with Crippen molar-refractivity contribution in [3.8, 4) is 5.75 Å². The van der Waals surface area contributed by atoms with Crippen molar-refractivity contribution in [1.82, 2.24) is 0 Å². The van der Waals surface area contributed by atoms with Crippen LogP contribution < -0.4 is 15.6 Å². The van der Waals surface area contributed by atoms with Crippen molar-refractivity contribution in [2.75, 3.05) is 6.61 Å². The van der Waals surface area contributed by atoms with Gasteiger partial charge in [-0.1, -0.05) is 70.8 Å². The highest BCUT2D eigenvalue weighted by atomic mass is 35.5. The number of fused-ring (bicyclic) bond motifs is 1. The van der Waals surface area contributed by atoms with Gasteiger partial charge in [0.05, 0.1) is 11.4 Å². The molecule has 3 aromatic rings. The van der Waals surface area contributed by atoms with Crippen LogP contribution in [0.1, 0.15) is 5.56 Å². The molecule has 0 saturated carbocycles. The number of benzene rings is 3. The van der Waals surface area contributed by atoms with E-state index < -0.39 is 5.97 Å². The number of carbonyl (C=O) groups is 1. The lowest BCUT2D eigenvalue weighted by Crippen LogP contribution is -2.76. The summed E-state index contributed by atoms with van der Waals surface area (Å²) in [5.74, 6) is 0.0110. The first-order chi connectivity index (χ1) is 13.0. The Morgan fingerprint density at radius 2 is 1.81 bits per heavy atom. The molecular weight excluding hydrogens is 387 g/mol. The molecule has 0 saturated heterocycles. The predicted octanol–water partition coefficient (Wildman–Crippen LogP) is 2.66. The van der Waals surface area contributed by atoms with Crippen LogP contribution in [0.2, 0.25) is 10.0 Å². The summed E-state index contributed by atoms with van der Waals surface area (Å²) in [7, 11) is 0. The molecule has 0 amide bonds. The van der Waals surface area contributed by atoms with Gasteiger partial charge in [0.2, 0.25) is 0 Å². The predicted molar refractivity (Wildman–Crippen MR) is 106 cm³/mol. The Morgan fingerprint density at radius 3 is 2.63 bits per heavy atom. The monoisotopic (exact) mass is 403 g/mol. The largest absolute Gasteiger partial charge is 0.480 e. The minimum absolute atomic E-state index is 0.309. The van der Waals surface area contributed by atoms with Gasteiger partial charge in [-0.2, -0.15) is 0 Å². The maximum Gasteiger partial charge on any atom is 0.394 e. The summed E-state index contributed by atoms with van der Waals surface area (Å²) in [6.45, 7) is -0.324. The van der Waals surface area contributed by atoms with Crippen LogP contribution in [-0.2, 0) is 16.1 Å². The maximum absolute atomic E-state index is 11.8. The van der Waals surface area contributed by atoms with Crippen LogP contribution in [0.15, 0.2) is 60.7 Å². The molecule has 0 atom stereocenters. The number of halogens is 2. The Hall–Kier alpha value is -2.76. The van der Waals surface area contributed by atoms with Crippen LogP contribution in [0.4, 0.5) is 0 Å². The van der Waals surface area contributed by atoms with Gasteiger partial charge >= 0.3 is 5.97 Å². The first kappa shape index (κ1) is 19.0. The van der Waals surface area contributed by atoms with Gasteiger partial charge in [0.25, 0.3) is 5.84 Å². The lowest BCUT2D eigenvalue weighted by Gasteiger charge is -2.06.